The molecule has 1 saturated heterocycles. The van der Waals surface area contributed by atoms with Crippen molar-refractivity contribution in [3.05, 3.63) is 30.2 Å². The molecule has 2 unspecified atom stereocenters. The molecular formula is C12H14N2O2. The zero-order valence-electron chi connectivity index (χ0n) is 9.14. The number of hydrogen-bond acceptors (Lipinski definition) is 4. The number of para-hydroxylation sites is 2. The monoisotopic (exact) mass is 218 g/mol. The van der Waals surface area contributed by atoms with Crippen LogP contribution in [0.5, 0.6) is 0 Å². The van der Waals surface area contributed by atoms with E-state index in [0.29, 0.717) is 12.6 Å². The maximum absolute atomic E-state index is 5.75. The number of fused-ring (bicyclic) bond motifs is 1. The Labute approximate surface area is 93.6 Å². The molecule has 1 aromatic carbocycles. The fourth-order valence-corrected chi connectivity index (χ4v) is 2.13. The number of nitrogens with one attached hydrogen (secondary N) is 1. The Balaban J connectivity index is 1.99. The van der Waals surface area contributed by atoms with Crippen molar-refractivity contribution in [2.75, 3.05) is 20.3 Å². The van der Waals surface area contributed by atoms with Gasteiger partial charge in [-0.2, -0.15) is 0 Å². The van der Waals surface area contributed by atoms with E-state index < -0.39 is 0 Å². The van der Waals surface area contributed by atoms with Crippen LogP contribution in [0.2, 0.25) is 0 Å². The number of benzene rings is 1. The Morgan fingerprint density at radius 1 is 1.31 bits per heavy atom. The van der Waals surface area contributed by atoms with Gasteiger partial charge in [0.1, 0.15) is 5.52 Å². The molecule has 3 rings (SSSR count). The summed E-state index contributed by atoms with van der Waals surface area (Å²) in [7, 11) is 1.94. The highest BCUT2D eigenvalue weighted by Gasteiger charge is 2.32. The van der Waals surface area contributed by atoms with Gasteiger partial charge in [-0.3, -0.25) is 0 Å². The van der Waals surface area contributed by atoms with E-state index >= 15 is 0 Å². The van der Waals surface area contributed by atoms with E-state index in [9.17, 15) is 0 Å². The van der Waals surface area contributed by atoms with Gasteiger partial charge in [-0.05, 0) is 19.2 Å². The van der Waals surface area contributed by atoms with Crippen LogP contribution in [0.4, 0.5) is 0 Å². The van der Waals surface area contributed by atoms with Gasteiger partial charge < -0.3 is 14.5 Å². The van der Waals surface area contributed by atoms with Crippen molar-refractivity contribution < 1.29 is 9.15 Å². The van der Waals surface area contributed by atoms with Crippen LogP contribution in [0.25, 0.3) is 11.1 Å². The molecule has 0 aliphatic carbocycles. The van der Waals surface area contributed by atoms with Gasteiger partial charge in [-0.15, -0.1) is 0 Å². The van der Waals surface area contributed by atoms with Crippen LogP contribution in [0.3, 0.4) is 0 Å². The third-order valence-corrected chi connectivity index (χ3v) is 3.08. The van der Waals surface area contributed by atoms with E-state index in [1.54, 1.807) is 0 Å². The third kappa shape index (κ3) is 1.50. The van der Waals surface area contributed by atoms with Crippen molar-refractivity contribution in [2.24, 2.45) is 0 Å². The summed E-state index contributed by atoms with van der Waals surface area (Å²) in [6, 6.07) is 8.13. The van der Waals surface area contributed by atoms with Crippen LogP contribution in [0.15, 0.2) is 28.7 Å². The predicted molar refractivity (Wildman–Crippen MR) is 60.4 cm³/mol. The first-order valence-corrected chi connectivity index (χ1v) is 5.49. The first kappa shape index (κ1) is 9.81. The second-order valence-electron chi connectivity index (χ2n) is 4.06. The van der Waals surface area contributed by atoms with Crippen molar-refractivity contribution >= 4 is 11.1 Å². The Kier molecular flexibility index (Phi) is 2.38. The van der Waals surface area contributed by atoms with Gasteiger partial charge in [-0.25, -0.2) is 4.98 Å². The molecule has 1 N–H and O–H groups in total. The summed E-state index contributed by atoms with van der Waals surface area (Å²) in [6.07, 6.45) is 0. The number of hydrogen-bond donors (Lipinski definition) is 1. The van der Waals surface area contributed by atoms with E-state index in [2.05, 4.69) is 10.3 Å². The fraction of sp³-hybridized carbons (Fsp3) is 0.417. The average molecular weight is 218 g/mol. The average Bonchev–Trinajstić information content (AvgIpc) is 2.94. The zero-order chi connectivity index (χ0) is 11.0. The quantitative estimate of drug-likeness (QED) is 0.830. The summed E-state index contributed by atoms with van der Waals surface area (Å²) >= 11 is 0. The number of aromatic nitrogens is 1. The number of oxazole rings is 1. The lowest BCUT2D eigenvalue weighted by molar-refractivity contribution is 0.186. The van der Waals surface area contributed by atoms with Crippen molar-refractivity contribution in [3.8, 4) is 0 Å². The SMILES string of the molecule is CNC1COCC1c1nc2ccccc2o1. The Morgan fingerprint density at radius 3 is 3.00 bits per heavy atom. The van der Waals surface area contributed by atoms with E-state index in [-0.39, 0.29) is 5.92 Å². The molecule has 1 fully saturated rings. The molecule has 0 saturated carbocycles. The highest BCUT2D eigenvalue weighted by Crippen LogP contribution is 2.27. The van der Waals surface area contributed by atoms with Gasteiger partial charge in [0.2, 0.25) is 5.89 Å². The van der Waals surface area contributed by atoms with Crippen LogP contribution in [-0.4, -0.2) is 31.3 Å². The van der Waals surface area contributed by atoms with Crippen molar-refractivity contribution in [1.29, 1.82) is 0 Å². The minimum atomic E-state index is 0.220. The van der Waals surface area contributed by atoms with Crippen molar-refractivity contribution in [3.63, 3.8) is 0 Å². The van der Waals surface area contributed by atoms with E-state index in [1.807, 2.05) is 31.3 Å². The molecule has 4 nitrogen and oxygen atoms in total. The molecule has 4 heteroatoms. The Bertz CT molecular complexity index is 461. The Hall–Kier alpha value is -1.39. The van der Waals surface area contributed by atoms with Gasteiger partial charge in [0.05, 0.1) is 19.1 Å². The molecule has 16 heavy (non-hydrogen) atoms. The first-order valence-electron chi connectivity index (χ1n) is 5.49. The summed E-state index contributed by atoms with van der Waals surface area (Å²) in [5.74, 6) is 0.996. The topological polar surface area (TPSA) is 47.3 Å². The number of nitrogens with zero attached hydrogens (tertiary/aromatic N) is 1. The molecule has 0 radical (unpaired) electrons. The summed E-state index contributed by atoms with van der Waals surface area (Å²) in [5.41, 5.74) is 1.76. The summed E-state index contributed by atoms with van der Waals surface area (Å²) < 4.78 is 11.2. The van der Waals surface area contributed by atoms with Gasteiger partial charge in [0, 0.05) is 6.04 Å². The molecule has 84 valence electrons. The predicted octanol–water partition coefficient (Wildman–Crippen LogP) is 1.53. The molecule has 2 atom stereocenters. The Morgan fingerprint density at radius 2 is 2.19 bits per heavy atom. The van der Waals surface area contributed by atoms with Crippen LogP contribution in [0.1, 0.15) is 11.8 Å². The van der Waals surface area contributed by atoms with Crippen molar-refractivity contribution in [2.45, 2.75) is 12.0 Å². The van der Waals surface area contributed by atoms with E-state index in [4.69, 9.17) is 9.15 Å². The molecule has 1 aliphatic heterocycles. The molecule has 2 aromatic rings. The lowest BCUT2D eigenvalue weighted by Gasteiger charge is -2.12. The minimum Gasteiger partial charge on any atom is -0.440 e. The van der Waals surface area contributed by atoms with Crippen LogP contribution < -0.4 is 5.32 Å². The number of ether oxygens (including phenoxy) is 1. The van der Waals surface area contributed by atoms with Crippen LogP contribution >= 0.6 is 0 Å². The molecule has 0 bridgehead atoms. The maximum Gasteiger partial charge on any atom is 0.202 e. The standard InChI is InChI=1S/C12H14N2O2/c1-13-10-7-15-6-8(10)12-14-9-4-2-3-5-11(9)16-12/h2-5,8,10,13H,6-7H2,1H3. The highest BCUT2D eigenvalue weighted by molar-refractivity contribution is 5.72. The molecule has 0 spiro atoms. The summed E-state index contributed by atoms with van der Waals surface area (Å²) in [5, 5.41) is 3.23. The molecule has 0 amide bonds. The smallest absolute Gasteiger partial charge is 0.202 e. The lowest BCUT2D eigenvalue weighted by atomic mass is 10.0. The molecule has 1 aliphatic rings. The summed E-state index contributed by atoms with van der Waals surface area (Å²) in [4.78, 5) is 4.51. The maximum atomic E-state index is 5.75. The molecule has 1 aromatic heterocycles. The van der Waals surface area contributed by atoms with E-state index in [0.717, 1.165) is 23.6 Å². The largest absolute Gasteiger partial charge is 0.440 e. The fourth-order valence-electron chi connectivity index (χ4n) is 2.13. The first-order chi connectivity index (χ1) is 7.88. The minimum absolute atomic E-state index is 0.220. The second kappa shape index (κ2) is 3.88. The third-order valence-electron chi connectivity index (χ3n) is 3.08. The van der Waals surface area contributed by atoms with Crippen molar-refractivity contribution in [1.82, 2.24) is 10.3 Å². The van der Waals surface area contributed by atoms with Gasteiger partial charge in [-0.1, -0.05) is 12.1 Å². The molecular weight excluding hydrogens is 204 g/mol. The van der Waals surface area contributed by atoms with Crippen LogP contribution in [0, 0.1) is 0 Å². The normalized spacial score (nSPS) is 25.3. The van der Waals surface area contributed by atoms with E-state index in [1.165, 1.54) is 0 Å². The summed E-state index contributed by atoms with van der Waals surface area (Å²) in [6.45, 7) is 1.40. The zero-order valence-corrected chi connectivity index (χ0v) is 9.14. The number of rotatable bonds is 2. The highest BCUT2D eigenvalue weighted by atomic mass is 16.5. The van der Waals surface area contributed by atoms with Gasteiger partial charge >= 0.3 is 0 Å². The van der Waals surface area contributed by atoms with Gasteiger partial charge in [0.15, 0.2) is 5.58 Å². The van der Waals surface area contributed by atoms with Crippen LogP contribution in [-0.2, 0) is 4.74 Å². The van der Waals surface area contributed by atoms with Gasteiger partial charge in [0.25, 0.3) is 0 Å². The lowest BCUT2D eigenvalue weighted by Crippen LogP contribution is -2.31. The second-order valence-corrected chi connectivity index (χ2v) is 4.06. The number of likely N-dealkylation sites (N-methyl/N-ethyl adjacent to an activating group) is 1. The molecule has 2 heterocycles.